The molecule has 7 nitrogen and oxygen atoms in total. The van der Waals surface area contributed by atoms with E-state index >= 15 is 0 Å². The van der Waals surface area contributed by atoms with Crippen LogP contribution in [0.15, 0.2) is 35.7 Å². The second-order valence-corrected chi connectivity index (χ2v) is 7.83. The predicted molar refractivity (Wildman–Crippen MR) is 104 cm³/mol. The third-order valence-corrected chi connectivity index (χ3v) is 6.05. The molecule has 2 amide bonds. The van der Waals surface area contributed by atoms with Crippen LogP contribution in [-0.4, -0.2) is 40.5 Å². The summed E-state index contributed by atoms with van der Waals surface area (Å²) in [5.41, 5.74) is 2.38. The van der Waals surface area contributed by atoms with Gasteiger partial charge >= 0.3 is 6.09 Å². The zero-order valence-corrected chi connectivity index (χ0v) is 16.1. The standard InChI is InChI=1S/C18H16N4O3S2/c1-25-18(24)21-17-20-12-7-8-22(9-14(12)27-17)16(23)13-10-26-15(19-13)11-5-3-2-4-6-11/h2-6,10H,7-9H2,1H3,(H,20,21,24). The van der Waals surface area contributed by atoms with E-state index in [1.54, 1.807) is 10.3 Å². The number of rotatable bonds is 3. The number of thiazole rings is 2. The van der Waals surface area contributed by atoms with Gasteiger partial charge in [0.1, 0.15) is 10.7 Å². The Morgan fingerprint density at radius 2 is 2.04 bits per heavy atom. The fourth-order valence-electron chi connectivity index (χ4n) is 2.81. The molecule has 3 heterocycles. The van der Waals surface area contributed by atoms with E-state index in [-0.39, 0.29) is 5.91 Å². The number of hydrogen-bond acceptors (Lipinski definition) is 7. The lowest BCUT2D eigenvalue weighted by molar-refractivity contribution is 0.0731. The Morgan fingerprint density at radius 1 is 1.22 bits per heavy atom. The van der Waals surface area contributed by atoms with Crippen molar-refractivity contribution in [1.29, 1.82) is 0 Å². The number of ether oxygens (including phenoxy) is 1. The van der Waals surface area contributed by atoms with Crippen molar-refractivity contribution in [3.05, 3.63) is 52.0 Å². The molecule has 4 rings (SSSR count). The van der Waals surface area contributed by atoms with Gasteiger partial charge in [-0.1, -0.05) is 41.7 Å². The summed E-state index contributed by atoms with van der Waals surface area (Å²) in [5, 5.41) is 5.70. The van der Waals surface area contributed by atoms with Gasteiger partial charge in [0.2, 0.25) is 0 Å². The van der Waals surface area contributed by atoms with Crippen molar-refractivity contribution in [3.63, 3.8) is 0 Å². The average Bonchev–Trinajstić information content (AvgIpc) is 3.34. The van der Waals surface area contributed by atoms with Gasteiger partial charge in [-0.2, -0.15) is 0 Å². The monoisotopic (exact) mass is 400 g/mol. The van der Waals surface area contributed by atoms with Crippen LogP contribution < -0.4 is 5.32 Å². The SMILES string of the molecule is COC(=O)Nc1nc2c(s1)CN(C(=O)c1csc(-c3ccccc3)n1)CC2. The van der Waals surface area contributed by atoms with Gasteiger partial charge in [-0.05, 0) is 0 Å². The van der Waals surface area contributed by atoms with E-state index in [9.17, 15) is 9.59 Å². The van der Waals surface area contributed by atoms with Crippen LogP contribution in [0.1, 0.15) is 21.1 Å². The van der Waals surface area contributed by atoms with Crippen molar-refractivity contribution in [2.45, 2.75) is 13.0 Å². The largest absolute Gasteiger partial charge is 0.453 e. The first-order valence-electron chi connectivity index (χ1n) is 8.28. The Bertz CT molecular complexity index is 984. The lowest BCUT2D eigenvalue weighted by Gasteiger charge is -2.25. The summed E-state index contributed by atoms with van der Waals surface area (Å²) in [6, 6.07) is 9.82. The molecule has 1 aliphatic rings. The highest BCUT2D eigenvalue weighted by Crippen LogP contribution is 2.30. The first-order chi connectivity index (χ1) is 13.1. The second kappa shape index (κ2) is 7.45. The highest BCUT2D eigenvalue weighted by Gasteiger charge is 2.26. The van der Waals surface area contributed by atoms with Crippen molar-refractivity contribution in [2.75, 3.05) is 19.0 Å². The summed E-state index contributed by atoms with van der Waals surface area (Å²) in [7, 11) is 1.31. The lowest BCUT2D eigenvalue weighted by atomic mass is 10.1. The Balaban J connectivity index is 1.48. The van der Waals surface area contributed by atoms with Crippen LogP contribution in [0, 0.1) is 0 Å². The minimum absolute atomic E-state index is 0.0880. The molecule has 0 saturated heterocycles. The van der Waals surface area contributed by atoms with E-state index in [0.717, 1.165) is 21.1 Å². The van der Waals surface area contributed by atoms with Crippen LogP contribution in [-0.2, 0) is 17.7 Å². The van der Waals surface area contributed by atoms with Crippen molar-refractivity contribution in [3.8, 4) is 10.6 Å². The van der Waals surface area contributed by atoms with Crippen LogP contribution in [0.25, 0.3) is 10.6 Å². The number of hydrogen-bond donors (Lipinski definition) is 1. The molecule has 1 aliphatic heterocycles. The summed E-state index contributed by atoms with van der Waals surface area (Å²) in [6.07, 6.45) is 0.0979. The number of nitrogens with one attached hydrogen (secondary N) is 1. The first kappa shape index (κ1) is 17.6. The molecule has 0 fully saturated rings. The molecule has 0 atom stereocenters. The van der Waals surface area contributed by atoms with Crippen LogP contribution in [0.3, 0.4) is 0 Å². The molecule has 1 N–H and O–H groups in total. The normalized spacial score (nSPS) is 13.1. The number of fused-ring (bicyclic) bond motifs is 1. The molecule has 0 radical (unpaired) electrons. The maximum absolute atomic E-state index is 12.8. The summed E-state index contributed by atoms with van der Waals surface area (Å²) >= 11 is 2.83. The Kier molecular flexibility index (Phi) is 4.87. The molecule has 2 aromatic heterocycles. The number of carbonyl (C=O) groups excluding carboxylic acids is 2. The maximum atomic E-state index is 12.8. The van der Waals surface area contributed by atoms with Crippen molar-refractivity contribution in [2.24, 2.45) is 0 Å². The smallest absolute Gasteiger partial charge is 0.413 e. The molecule has 138 valence electrons. The van der Waals surface area contributed by atoms with Crippen LogP contribution in [0.4, 0.5) is 9.93 Å². The zero-order valence-electron chi connectivity index (χ0n) is 14.5. The number of carbonyl (C=O) groups is 2. The van der Waals surface area contributed by atoms with Gasteiger partial charge in [0.05, 0.1) is 19.3 Å². The molecular weight excluding hydrogens is 384 g/mol. The molecule has 0 bridgehead atoms. The minimum Gasteiger partial charge on any atom is -0.453 e. The molecule has 0 spiro atoms. The van der Waals surface area contributed by atoms with E-state index in [4.69, 9.17) is 0 Å². The van der Waals surface area contributed by atoms with Gasteiger partial charge in [-0.15, -0.1) is 11.3 Å². The molecule has 9 heteroatoms. The minimum atomic E-state index is -0.551. The third-order valence-electron chi connectivity index (χ3n) is 4.16. The number of methoxy groups -OCH3 is 1. The van der Waals surface area contributed by atoms with Gasteiger partial charge in [0.25, 0.3) is 5.91 Å². The zero-order chi connectivity index (χ0) is 18.8. The Hall–Kier alpha value is -2.78. The van der Waals surface area contributed by atoms with Crippen molar-refractivity contribution < 1.29 is 14.3 Å². The second-order valence-electron chi connectivity index (χ2n) is 5.89. The first-order valence-corrected chi connectivity index (χ1v) is 9.97. The molecule has 27 heavy (non-hydrogen) atoms. The number of benzene rings is 1. The van der Waals surface area contributed by atoms with Crippen molar-refractivity contribution >= 4 is 39.8 Å². The van der Waals surface area contributed by atoms with Gasteiger partial charge in [-0.3, -0.25) is 10.1 Å². The maximum Gasteiger partial charge on any atom is 0.413 e. The van der Waals surface area contributed by atoms with E-state index in [0.29, 0.717) is 30.3 Å². The highest BCUT2D eigenvalue weighted by molar-refractivity contribution is 7.15. The lowest BCUT2D eigenvalue weighted by Crippen LogP contribution is -2.35. The van der Waals surface area contributed by atoms with Crippen LogP contribution in [0.5, 0.6) is 0 Å². The summed E-state index contributed by atoms with van der Waals surface area (Å²) in [5.74, 6) is -0.0880. The van der Waals surface area contributed by atoms with Crippen LogP contribution >= 0.6 is 22.7 Å². The van der Waals surface area contributed by atoms with Gasteiger partial charge in [0, 0.05) is 28.8 Å². The molecule has 0 saturated carbocycles. The van der Waals surface area contributed by atoms with Gasteiger partial charge in [-0.25, -0.2) is 14.8 Å². The van der Waals surface area contributed by atoms with E-state index < -0.39 is 6.09 Å². The third kappa shape index (κ3) is 3.69. The highest BCUT2D eigenvalue weighted by atomic mass is 32.1. The topological polar surface area (TPSA) is 84.4 Å². The quantitative estimate of drug-likeness (QED) is 0.726. The van der Waals surface area contributed by atoms with E-state index in [1.165, 1.54) is 29.8 Å². The number of nitrogens with zero attached hydrogens (tertiary/aromatic N) is 3. The summed E-state index contributed by atoms with van der Waals surface area (Å²) in [4.78, 5) is 35.8. The van der Waals surface area contributed by atoms with Crippen molar-refractivity contribution in [1.82, 2.24) is 14.9 Å². The molecular formula is C18H16N4O3S2. The van der Waals surface area contributed by atoms with Gasteiger partial charge < -0.3 is 9.64 Å². The molecule has 1 aromatic carbocycles. The number of amides is 2. The molecule has 0 unspecified atom stereocenters. The average molecular weight is 400 g/mol. The predicted octanol–water partition coefficient (Wildman–Crippen LogP) is 3.64. The van der Waals surface area contributed by atoms with E-state index in [2.05, 4.69) is 20.0 Å². The number of aromatic nitrogens is 2. The summed E-state index contributed by atoms with van der Waals surface area (Å²) in [6.45, 7) is 1.04. The Morgan fingerprint density at radius 3 is 2.81 bits per heavy atom. The van der Waals surface area contributed by atoms with Gasteiger partial charge in [0.15, 0.2) is 5.13 Å². The molecule has 0 aliphatic carbocycles. The van der Waals surface area contributed by atoms with Crippen LogP contribution in [0.2, 0.25) is 0 Å². The fourth-order valence-corrected chi connectivity index (χ4v) is 4.62. The fraction of sp³-hybridized carbons (Fsp3) is 0.222. The summed E-state index contributed by atoms with van der Waals surface area (Å²) < 4.78 is 4.59. The Labute approximate surface area is 163 Å². The van der Waals surface area contributed by atoms with E-state index in [1.807, 2.05) is 30.3 Å². The molecule has 3 aromatic rings. The number of anilines is 1.